The van der Waals surface area contributed by atoms with E-state index in [2.05, 4.69) is 10.6 Å². The molecule has 2 aromatic rings. The van der Waals surface area contributed by atoms with Crippen LogP contribution in [0.4, 0.5) is 11.4 Å². The molecule has 0 fully saturated rings. The molecule has 27 heavy (non-hydrogen) atoms. The van der Waals surface area contributed by atoms with Crippen LogP contribution in [0.1, 0.15) is 18.9 Å². The molecule has 140 valence electrons. The van der Waals surface area contributed by atoms with Gasteiger partial charge in [-0.1, -0.05) is 24.3 Å². The Balaban J connectivity index is 1.60. The van der Waals surface area contributed by atoms with Crippen LogP contribution < -0.4 is 20.3 Å². The Labute approximate surface area is 157 Å². The number of carbonyl (C=O) groups is 3. The smallest absolute Gasteiger partial charge is 0.240 e. The molecule has 1 aliphatic heterocycles. The topological polar surface area (TPSA) is 87.7 Å². The number of benzene rings is 2. The lowest BCUT2D eigenvalue weighted by Gasteiger charge is -2.21. The van der Waals surface area contributed by atoms with Crippen LogP contribution in [0.2, 0.25) is 0 Å². The molecule has 7 heteroatoms. The number of anilines is 2. The number of ether oxygens (including phenoxy) is 1. The molecule has 0 unspecified atom stereocenters. The second-order valence-corrected chi connectivity index (χ2v) is 6.20. The molecule has 0 radical (unpaired) electrons. The number of para-hydroxylation sites is 2. The lowest BCUT2D eigenvalue weighted by Crippen LogP contribution is -2.40. The Bertz CT molecular complexity index is 849. The largest absolute Gasteiger partial charge is 0.491 e. The first-order valence-electron chi connectivity index (χ1n) is 8.68. The summed E-state index contributed by atoms with van der Waals surface area (Å²) in [5, 5.41) is 5.51. The highest BCUT2D eigenvalue weighted by atomic mass is 16.5. The molecule has 3 amide bonds. The standard InChI is InChI=1S/C20H21N3O4/c1-14(24)22-16-8-6-15(7-9-16)12-21-19(25)13-23-17-4-2-3-5-18(17)27-11-10-20(23)26/h2-9H,10-13H2,1H3,(H,21,25)(H,22,24). The van der Waals surface area contributed by atoms with E-state index in [1.54, 1.807) is 24.3 Å². The van der Waals surface area contributed by atoms with Crippen molar-refractivity contribution < 1.29 is 19.1 Å². The van der Waals surface area contributed by atoms with Gasteiger partial charge in [0, 0.05) is 19.2 Å². The number of amides is 3. The monoisotopic (exact) mass is 367 g/mol. The summed E-state index contributed by atoms with van der Waals surface area (Å²) in [6, 6.07) is 14.4. The molecule has 0 spiro atoms. The second kappa shape index (κ2) is 8.35. The molecule has 7 nitrogen and oxygen atoms in total. The summed E-state index contributed by atoms with van der Waals surface area (Å²) in [5.41, 5.74) is 2.20. The Kier molecular flexibility index (Phi) is 5.71. The van der Waals surface area contributed by atoms with Crippen LogP contribution >= 0.6 is 0 Å². The first kappa shape index (κ1) is 18.4. The minimum atomic E-state index is -0.258. The minimum Gasteiger partial charge on any atom is -0.491 e. The molecule has 0 aliphatic carbocycles. The highest BCUT2D eigenvalue weighted by molar-refractivity contribution is 6.00. The molecule has 1 heterocycles. The van der Waals surface area contributed by atoms with Crippen LogP contribution in [0.15, 0.2) is 48.5 Å². The first-order chi connectivity index (χ1) is 13.0. The van der Waals surface area contributed by atoms with Gasteiger partial charge in [-0.3, -0.25) is 19.3 Å². The Morgan fingerprint density at radius 3 is 2.59 bits per heavy atom. The van der Waals surface area contributed by atoms with Crippen molar-refractivity contribution in [1.82, 2.24) is 5.32 Å². The third-order valence-electron chi connectivity index (χ3n) is 4.10. The van der Waals surface area contributed by atoms with Gasteiger partial charge in [0.25, 0.3) is 0 Å². The van der Waals surface area contributed by atoms with E-state index in [1.807, 2.05) is 24.3 Å². The third kappa shape index (κ3) is 4.84. The zero-order valence-corrected chi connectivity index (χ0v) is 15.0. The first-order valence-corrected chi connectivity index (χ1v) is 8.68. The summed E-state index contributed by atoms with van der Waals surface area (Å²) in [5.74, 6) is 0.0629. The summed E-state index contributed by atoms with van der Waals surface area (Å²) < 4.78 is 5.57. The van der Waals surface area contributed by atoms with Gasteiger partial charge in [0.15, 0.2) is 0 Å². The van der Waals surface area contributed by atoms with Crippen molar-refractivity contribution in [3.8, 4) is 5.75 Å². The fourth-order valence-electron chi connectivity index (χ4n) is 2.80. The maximum atomic E-state index is 12.4. The molecule has 0 saturated heterocycles. The molecule has 1 aliphatic rings. The molecule has 0 aromatic heterocycles. The van der Waals surface area contributed by atoms with E-state index in [9.17, 15) is 14.4 Å². The molecule has 0 bridgehead atoms. The number of carbonyl (C=O) groups excluding carboxylic acids is 3. The van der Waals surface area contributed by atoms with Crippen LogP contribution in [0.3, 0.4) is 0 Å². The summed E-state index contributed by atoms with van der Waals surface area (Å²) in [7, 11) is 0. The van der Waals surface area contributed by atoms with E-state index in [-0.39, 0.29) is 30.7 Å². The average Bonchev–Trinajstić information content (AvgIpc) is 2.80. The summed E-state index contributed by atoms with van der Waals surface area (Å²) in [4.78, 5) is 37.2. The molecule has 0 saturated carbocycles. The maximum absolute atomic E-state index is 12.4. The SMILES string of the molecule is CC(=O)Nc1ccc(CNC(=O)CN2C(=O)CCOc3ccccc32)cc1. The number of fused-ring (bicyclic) bond motifs is 1. The van der Waals surface area contributed by atoms with Crippen molar-refractivity contribution in [2.24, 2.45) is 0 Å². The number of hydrogen-bond acceptors (Lipinski definition) is 4. The fourth-order valence-corrected chi connectivity index (χ4v) is 2.80. The van der Waals surface area contributed by atoms with Crippen LogP contribution in [0.25, 0.3) is 0 Å². The van der Waals surface area contributed by atoms with Crippen molar-refractivity contribution >= 4 is 29.1 Å². The number of nitrogens with zero attached hydrogens (tertiary/aromatic N) is 1. The number of rotatable bonds is 5. The van der Waals surface area contributed by atoms with E-state index in [0.717, 1.165) is 5.56 Å². The fraction of sp³-hybridized carbons (Fsp3) is 0.250. The van der Waals surface area contributed by atoms with Crippen molar-refractivity contribution in [3.05, 3.63) is 54.1 Å². The number of nitrogens with one attached hydrogen (secondary N) is 2. The lowest BCUT2D eigenvalue weighted by atomic mass is 10.2. The third-order valence-corrected chi connectivity index (χ3v) is 4.10. The summed E-state index contributed by atoms with van der Waals surface area (Å²) >= 11 is 0. The Morgan fingerprint density at radius 1 is 1.11 bits per heavy atom. The van der Waals surface area contributed by atoms with Crippen LogP contribution in [0.5, 0.6) is 5.75 Å². The number of hydrogen-bond donors (Lipinski definition) is 2. The van der Waals surface area contributed by atoms with Crippen LogP contribution in [0, 0.1) is 0 Å². The Morgan fingerprint density at radius 2 is 1.85 bits per heavy atom. The van der Waals surface area contributed by atoms with E-state index in [4.69, 9.17) is 4.74 Å². The molecular weight excluding hydrogens is 346 g/mol. The van der Waals surface area contributed by atoms with Gasteiger partial charge in [0.1, 0.15) is 12.3 Å². The quantitative estimate of drug-likeness (QED) is 0.847. The van der Waals surface area contributed by atoms with Gasteiger partial charge >= 0.3 is 0 Å². The van der Waals surface area contributed by atoms with Gasteiger partial charge in [-0.05, 0) is 29.8 Å². The van der Waals surface area contributed by atoms with Gasteiger partial charge in [-0.25, -0.2) is 0 Å². The lowest BCUT2D eigenvalue weighted by molar-refractivity contribution is -0.124. The molecular formula is C20H21N3O4. The zero-order valence-electron chi connectivity index (χ0n) is 15.0. The zero-order chi connectivity index (χ0) is 19.2. The predicted molar refractivity (Wildman–Crippen MR) is 101 cm³/mol. The van der Waals surface area contributed by atoms with Crippen LogP contribution in [-0.2, 0) is 20.9 Å². The Hall–Kier alpha value is -3.35. The summed E-state index contributed by atoms with van der Waals surface area (Å²) in [6.45, 7) is 2.01. The molecule has 2 aromatic carbocycles. The molecule has 3 rings (SSSR count). The average molecular weight is 367 g/mol. The second-order valence-electron chi connectivity index (χ2n) is 6.20. The van der Waals surface area contributed by atoms with Gasteiger partial charge < -0.3 is 15.4 Å². The van der Waals surface area contributed by atoms with Crippen molar-refractivity contribution in [2.75, 3.05) is 23.4 Å². The van der Waals surface area contributed by atoms with Crippen LogP contribution in [-0.4, -0.2) is 30.9 Å². The highest BCUT2D eigenvalue weighted by Crippen LogP contribution is 2.30. The van der Waals surface area contributed by atoms with Crippen molar-refractivity contribution in [1.29, 1.82) is 0 Å². The van der Waals surface area contributed by atoms with E-state index in [0.29, 0.717) is 30.3 Å². The summed E-state index contributed by atoms with van der Waals surface area (Å²) in [6.07, 6.45) is 0.229. The van der Waals surface area contributed by atoms with Gasteiger partial charge in [0.2, 0.25) is 17.7 Å². The highest BCUT2D eigenvalue weighted by Gasteiger charge is 2.24. The maximum Gasteiger partial charge on any atom is 0.240 e. The van der Waals surface area contributed by atoms with Crippen molar-refractivity contribution in [2.45, 2.75) is 19.9 Å². The normalized spacial score (nSPS) is 13.2. The van der Waals surface area contributed by atoms with E-state index in [1.165, 1.54) is 11.8 Å². The predicted octanol–water partition coefficient (Wildman–Crippen LogP) is 2.08. The van der Waals surface area contributed by atoms with Gasteiger partial charge in [0.05, 0.1) is 18.7 Å². The van der Waals surface area contributed by atoms with E-state index < -0.39 is 0 Å². The van der Waals surface area contributed by atoms with Gasteiger partial charge in [-0.2, -0.15) is 0 Å². The molecule has 2 N–H and O–H groups in total. The van der Waals surface area contributed by atoms with Crippen molar-refractivity contribution in [3.63, 3.8) is 0 Å². The minimum absolute atomic E-state index is 0.0663. The molecule has 0 atom stereocenters. The van der Waals surface area contributed by atoms with E-state index >= 15 is 0 Å². The van der Waals surface area contributed by atoms with Gasteiger partial charge in [-0.15, -0.1) is 0 Å².